The Bertz CT molecular complexity index is 3740. The maximum Gasteiger partial charge on any atom is 0.269 e. The van der Waals surface area contributed by atoms with Gasteiger partial charge in [-0.25, -0.2) is 0 Å². The van der Waals surface area contributed by atoms with Crippen molar-refractivity contribution in [3.63, 3.8) is 0 Å². The molecule has 0 radical (unpaired) electrons. The SMILES string of the molecule is CCCCCCOc1cc(C=Nc2ccc3c(c2)C(=O)c2ccc(N=Cc4ccc(C=Nc5ccc([N+](=O)[O-])cc5)cc4)cc2C3=O)c(OCCCCCC)cc1C=Nc1ccc(N=Cc2ccc(C=Nc3cccc(S)c3)cc2)cc1. The number of nitro groups is 1. The molecule has 9 rings (SSSR count). The first kappa shape index (κ1) is 57.2. The molecule has 0 saturated carbocycles. The Hall–Kier alpha value is -9.53. The molecule has 0 aliphatic heterocycles. The molecule has 8 aromatic rings. The van der Waals surface area contributed by atoms with Crippen LogP contribution in [-0.2, 0) is 0 Å². The van der Waals surface area contributed by atoms with E-state index in [1.165, 1.54) is 12.1 Å². The molecule has 0 atom stereocenters. The van der Waals surface area contributed by atoms with E-state index in [1.54, 1.807) is 73.4 Å². The molecule has 0 N–H and O–H groups in total. The van der Waals surface area contributed by atoms with Gasteiger partial charge in [-0.3, -0.25) is 49.7 Å². The monoisotopic (exact) mass is 1100 g/mol. The predicted molar refractivity (Wildman–Crippen MR) is 335 cm³/mol. The van der Waals surface area contributed by atoms with Crippen molar-refractivity contribution in [1.29, 1.82) is 0 Å². The summed E-state index contributed by atoms with van der Waals surface area (Å²) >= 11 is 4.40. The van der Waals surface area contributed by atoms with Crippen LogP contribution in [0.15, 0.2) is 205 Å². The largest absolute Gasteiger partial charge is 0.493 e. The number of ketones is 2. The Balaban J connectivity index is 0.893. The Labute approximate surface area is 483 Å². The van der Waals surface area contributed by atoms with Crippen LogP contribution in [0.25, 0.3) is 0 Å². The van der Waals surface area contributed by atoms with E-state index in [0.29, 0.717) is 58.5 Å². The number of fused-ring (bicyclic) bond motifs is 2. The molecule has 82 heavy (non-hydrogen) atoms. The summed E-state index contributed by atoms with van der Waals surface area (Å²) in [4.78, 5) is 67.4. The van der Waals surface area contributed by atoms with Crippen molar-refractivity contribution in [2.24, 2.45) is 30.0 Å². The standard InChI is InChI=1S/C68H61N7O6S/c1-3-5-7-9-34-80-65-37-52(66(81-35-10-8-6-4-2)36-51(65)45-73-54-24-22-53(23-25-54)69-41-47-14-18-49(19-15-47)43-71-56-12-11-13-60(82)38-56)46-74-58-29-33-62-64(40-58)68(77)61-32-28-57(39-63(61)67(62)76)72-44-50-20-16-48(17-21-50)42-70-55-26-30-59(31-27-55)75(78)79/h11-33,36-46,82H,3-10,34-35H2,1-2H3. The molecule has 1 aliphatic carbocycles. The third kappa shape index (κ3) is 15.9. The van der Waals surface area contributed by atoms with Gasteiger partial charge in [0.2, 0.25) is 0 Å². The number of hydrogen-bond acceptors (Lipinski definition) is 13. The summed E-state index contributed by atoms with van der Waals surface area (Å²) in [7, 11) is 0. The molecule has 0 heterocycles. The van der Waals surface area contributed by atoms with Gasteiger partial charge in [0, 0.05) is 87.7 Å². The number of carbonyl (C=O) groups is 2. The topological polar surface area (TPSA) is 170 Å². The molecule has 13 nitrogen and oxygen atoms in total. The van der Waals surface area contributed by atoms with Gasteiger partial charge in [0.1, 0.15) is 11.5 Å². The average Bonchev–Trinajstić information content (AvgIpc) is 3.69. The highest BCUT2D eigenvalue weighted by Gasteiger charge is 2.30. The molecular weight excluding hydrogens is 1040 g/mol. The third-order valence-electron chi connectivity index (χ3n) is 13.4. The summed E-state index contributed by atoms with van der Waals surface area (Å²) in [5.74, 6) is 0.711. The second-order valence-electron chi connectivity index (χ2n) is 19.6. The number of nitrogens with zero attached hydrogens (tertiary/aromatic N) is 7. The Morgan fingerprint density at radius 2 is 0.780 bits per heavy atom. The van der Waals surface area contributed by atoms with Crippen LogP contribution >= 0.6 is 12.6 Å². The second kappa shape index (κ2) is 28.6. The molecule has 14 heteroatoms. The fraction of sp³-hybridized carbons (Fsp3) is 0.176. The van der Waals surface area contributed by atoms with Crippen molar-refractivity contribution in [2.45, 2.75) is 70.1 Å². The summed E-state index contributed by atoms with van der Waals surface area (Å²) in [5.41, 5.74) is 10.2. The number of benzene rings is 8. The van der Waals surface area contributed by atoms with E-state index in [2.05, 4.69) is 41.5 Å². The van der Waals surface area contributed by atoms with Crippen LogP contribution in [-0.4, -0.2) is 67.0 Å². The molecule has 0 bridgehead atoms. The van der Waals surface area contributed by atoms with Gasteiger partial charge >= 0.3 is 0 Å². The predicted octanol–water partition coefficient (Wildman–Crippen LogP) is 17.1. The summed E-state index contributed by atoms with van der Waals surface area (Å²) < 4.78 is 13.0. The number of unbranched alkanes of at least 4 members (excludes halogenated alkanes) is 6. The van der Waals surface area contributed by atoms with Crippen LogP contribution in [0.5, 0.6) is 11.5 Å². The fourth-order valence-corrected chi connectivity index (χ4v) is 9.05. The van der Waals surface area contributed by atoms with Gasteiger partial charge in [-0.05, 0) is 138 Å². The highest BCUT2D eigenvalue weighted by molar-refractivity contribution is 7.80. The molecule has 0 amide bonds. The molecule has 8 aromatic carbocycles. The molecule has 0 saturated heterocycles. The van der Waals surface area contributed by atoms with E-state index in [9.17, 15) is 19.7 Å². The number of non-ortho nitro benzene ring substituents is 1. The van der Waals surface area contributed by atoms with Crippen molar-refractivity contribution in [3.05, 3.63) is 236 Å². The van der Waals surface area contributed by atoms with Crippen molar-refractivity contribution in [2.75, 3.05) is 13.2 Å². The minimum absolute atomic E-state index is 0.00371. The quantitative estimate of drug-likeness (QED) is 0.0196. The Morgan fingerprint density at radius 1 is 0.415 bits per heavy atom. The highest BCUT2D eigenvalue weighted by Crippen LogP contribution is 2.34. The van der Waals surface area contributed by atoms with Gasteiger partial charge in [0.25, 0.3) is 5.69 Å². The van der Waals surface area contributed by atoms with Gasteiger partial charge < -0.3 is 9.47 Å². The van der Waals surface area contributed by atoms with Crippen molar-refractivity contribution in [1.82, 2.24) is 0 Å². The van der Waals surface area contributed by atoms with E-state index in [4.69, 9.17) is 24.5 Å². The lowest BCUT2D eigenvalue weighted by molar-refractivity contribution is -0.384. The first-order valence-electron chi connectivity index (χ1n) is 27.5. The van der Waals surface area contributed by atoms with Crippen LogP contribution < -0.4 is 9.47 Å². The number of aliphatic imine (C=N–C) groups is 6. The normalized spacial score (nSPS) is 12.4. The zero-order valence-electron chi connectivity index (χ0n) is 45.7. The van der Waals surface area contributed by atoms with E-state index >= 15 is 0 Å². The van der Waals surface area contributed by atoms with E-state index < -0.39 is 4.92 Å². The molecule has 1 aliphatic rings. The summed E-state index contributed by atoms with van der Waals surface area (Å²) in [6, 6.07) is 50.9. The van der Waals surface area contributed by atoms with Gasteiger partial charge in [-0.2, -0.15) is 0 Å². The molecular formula is C68H61N7O6S. The third-order valence-corrected chi connectivity index (χ3v) is 13.7. The first-order chi connectivity index (χ1) is 40.1. The zero-order chi connectivity index (χ0) is 57.0. The van der Waals surface area contributed by atoms with Crippen LogP contribution in [0.3, 0.4) is 0 Å². The highest BCUT2D eigenvalue weighted by atomic mass is 32.1. The van der Waals surface area contributed by atoms with Crippen LogP contribution in [0.4, 0.5) is 39.8 Å². The van der Waals surface area contributed by atoms with Crippen LogP contribution in [0.1, 0.15) is 130 Å². The Kier molecular flexibility index (Phi) is 19.9. The summed E-state index contributed by atoms with van der Waals surface area (Å²) in [5, 5.41) is 11.0. The molecule has 0 aromatic heterocycles. The Morgan fingerprint density at radius 3 is 1.18 bits per heavy atom. The fourth-order valence-electron chi connectivity index (χ4n) is 8.83. The smallest absolute Gasteiger partial charge is 0.269 e. The number of rotatable bonds is 25. The first-order valence-corrected chi connectivity index (χ1v) is 27.9. The number of ether oxygens (including phenoxy) is 2. The molecule has 0 unspecified atom stereocenters. The minimum atomic E-state index is -0.450. The van der Waals surface area contributed by atoms with Gasteiger partial charge in [-0.1, -0.05) is 107 Å². The second-order valence-corrected chi connectivity index (χ2v) is 20.1. The maximum atomic E-state index is 14.1. The minimum Gasteiger partial charge on any atom is -0.493 e. The lowest BCUT2D eigenvalue weighted by Crippen LogP contribution is -2.20. The van der Waals surface area contributed by atoms with E-state index in [-0.39, 0.29) is 28.4 Å². The van der Waals surface area contributed by atoms with Gasteiger partial charge in [0.05, 0.1) is 52.3 Å². The average molecular weight is 1100 g/mol. The number of nitro benzene ring substituents is 1. The lowest BCUT2D eigenvalue weighted by atomic mass is 9.83. The van der Waals surface area contributed by atoms with Crippen molar-refractivity contribution >= 4 is 101 Å². The van der Waals surface area contributed by atoms with E-state index in [0.717, 1.165) is 101 Å². The zero-order valence-corrected chi connectivity index (χ0v) is 46.6. The van der Waals surface area contributed by atoms with Crippen molar-refractivity contribution in [3.8, 4) is 11.5 Å². The molecule has 410 valence electrons. The number of thiol groups is 1. The maximum absolute atomic E-state index is 14.1. The number of hydrogen-bond donors (Lipinski definition) is 1. The lowest BCUT2D eigenvalue weighted by Gasteiger charge is -2.18. The van der Waals surface area contributed by atoms with E-state index in [1.807, 2.05) is 122 Å². The van der Waals surface area contributed by atoms with Crippen LogP contribution in [0.2, 0.25) is 0 Å². The van der Waals surface area contributed by atoms with Crippen LogP contribution in [0, 0.1) is 10.1 Å². The van der Waals surface area contributed by atoms with Crippen molar-refractivity contribution < 1.29 is 24.0 Å². The summed E-state index contributed by atoms with van der Waals surface area (Å²) in [6.45, 7) is 5.40. The summed E-state index contributed by atoms with van der Waals surface area (Å²) in [6.07, 6.45) is 18.9. The van der Waals surface area contributed by atoms with Gasteiger partial charge in [-0.15, -0.1) is 12.6 Å². The molecule has 0 spiro atoms. The van der Waals surface area contributed by atoms with Gasteiger partial charge in [0.15, 0.2) is 11.6 Å². The molecule has 0 fully saturated rings. The number of carbonyl (C=O) groups excluding carboxylic acids is 2.